The summed E-state index contributed by atoms with van der Waals surface area (Å²) in [6.07, 6.45) is 2.85. The lowest BCUT2D eigenvalue weighted by Gasteiger charge is -2.20. The number of halogens is 1. The van der Waals surface area contributed by atoms with Gasteiger partial charge < -0.3 is 10.2 Å². The second-order valence-corrected chi connectivity index (χ2v) is 7.03. The summed E-state index contributed by atoms with van der Waals surface area (Å²) in [6, 6.07) is 9.37. The Labute approximate surface area is 150 Å². The van der Waals surface area contributed by atoms with Crippen LogP contribution in [0, 0.1) is 0 Å². The molecule has 6 nitrogen and oxygen atoms in total. The van der Waals surface area contributed by atoms with E-state index in [1.807, 2.05) is 24.3 Å². The molecule has 2 aromatic rings. The SMILES string of the molecule is O=C(NC1CC1)c1cc2n(n1)CCCN(Cc1ccc(Cl)cc1)C2=O. The van der Waals surface area contributed by atoms with Crippen molar-refractivity contribution in [1.82, 2.24) is 20.0 Å². The standard InChI is InChI=1S/C18H19ClN4O2/c19-13-4-2-12(3-5-13)11-22-8-1-9-23-16(18(22)25)10-15(21-23)17(24)20-14-6-7-14/h2-5,10,14H,1,6-9,11H2,(H,20,24). The summed E-state index contributed by atoms with van der Waals surface area (Å²) in [7, 11) is 0. The van der Waals surface area contributed by atoms with Crippen LogP contribution in [0.4, 0.5) is 0 Å². The van der Waals surface area contributed by atoms with Gasteiger partial charge in [-0.25, -0.2) is 0 Å². The van der Waals surface area contributed by atoms with E-state index in [1.165, 1.54) is 0 Å². The van der Waals surface area contributed by atoms with Crippen molar-refractivity contribution in [3.05, 3.63) is 52.3 Å². The molecule has 0 radical (unpaired) electrons. The highest BCUT2D eigenvalue weighted by Gasteiger charge is 2.29. The quantitative estimate of drug-likeness (QED) is 0.913. The Hall–Kier alpha value is -2.34. The third kappa shape index (κ3) is 3.54. The van der Waals surface area contributed by atoms with Gasteiger partial charge in [-0.1, -0.05) is 23.7 Å². The fourth-order valence-corrected chi connectivity index (χ4v) is 3.12. The summed E-state index contributed by atoms with van der Waals surface area (Å²) < 4.78 is 1.66. The van der Waals surface area contributed by atoms with Crippen LogP contribution in [0.15, 0.2) is 30.3 Å². The molecule has 1 fully saturated rings. The fourth-order valence-electron chi connectivity index (χ4n) is 2.99. The Balaban J connectivity index is 1.53. The van der Waals surface area contributed by atoms with E-state index in [2.05, 4.69) is 10.4 Å². The van der Waals surface area contributed by atoms with Crippen LogP contribution in [0.3, 0.4) is 0 Å². The number of hydrogen-bond acceptors (Lipinski definition) is 3. The fraction of sp³-hybridized carbons (Fsp3) is 0.389. The highest BCUT2D eigenvalue weighted by molar-refractivity contribution is 6.30. The molecule has 1 aromatic heterocycles. The van der Waals surface area contributed by atoms with Gasteiger partial charge in [-0.15, -0.1) is 0 Å². The molecule has 1 saturated carbocycles. The van der Waals surface area contributed by atoms with Crippen molar-refractivity contribution < 1.29 is 9.59 Å². The van der Waals surface area contributed by atoms with Crippen LogP contribution in [0.25, 0.3) is 0 Å². The number of hydrogen-bond donors (Lipinski definition) is 1. The van der Waals surface area contributed by atoms with Crippen LogP contribution >= 0.6 is 11.6 Å². The molecule has 0 saturated heterocycles. The number of carbonyl (C=O) groups is 2. The summed E-state index contributed by atoms with van der Waals surface area (Å²) in [4.78, 5) is 26.9. The number of carbonyl (C=O) groups excluding carboxylic acids is 2. The molecule has 25 heavy (non-hydrogen) atoms. The van der Waals surface area contributed by atoms with Crippen LogP contribution in [0.1, 0.15) is 45.8 Å². The smallest absolute Gasteiger partial charge is 0.272 e. The van der Waals surface area contributed by atoms with E-state index < -0.39 is 0 Å². The van der Waals surface area contributed by atoms with E-state index >= 15 is 0 Å². The van der Waals surface area contributed by atoms with Crippen LogP contribution < -0.4 is 5.32 Å². The molecule has 2 aliphatic rings. The largest absolute Gasteiger partial charge is 0.348 e. The average molecular weight is 359 g/mol. The highest BCUT2D eigenvalue weighted by Crippen LogP contribution is 2.21. The van der Waals surface area contributed by atoms with Gasteiger partial charge >= 0.3 is 0 Å². The molecular formula is C18H19ClN4O2. The first-order chi connectivity index (χ1) is 12.1. The predicted molar refractivity (Wildman–Crippen MR) is 93.5 cm³/mol. The maximum Gasteiger partial charge on any atom is 0.272 e. The van der Waals surface area contributed by atoms with Crippen LogP contribution in [-0.2, 0) is 13.1 Å². The number of fused-ring (bicyclic) bond motifs is 1. The van der Waals surface area contributed by atoms with Crippen molar-refractivity contribution in [3.63, 3.8) is 0 Å². The van der Waals surface area contributed by atoms with Crippen molar-refractivity contribution in [2.24, 2.45) is 0 Å². The molecule has 0 bridgehead atoms. The lowest BCUT2D eigenvalue weighted by molar-refractivity contribution is 0.0745. The summed E-state index contributed by atoms with van der Waals surface area (Å²) in [6.45, 7) is 1.81. The Morgan fingerprint density at radius 3 is 2.72 bits per heavy atom. The molecule has 2 heterocycles. The molecule has 1 aromatic carbocycles. The Morgan fingerprint density at radius 2 is 2.00 bits per heavy atom. The Bertz CT molecular complexity index is 811. The lowest BCUT2D eigenvalue weighted by Crippen LogP contribution is -2.30. The summed E-state index contributed by atoms with van der Waals surface area (Å²) in [5, 5.41) is 7.92. The zero-order chi connectivity index (χ0) is 17.4. The minimum absolute atomic E-state index is 0.0922. The van der Waals surface area contributed by atoms with E-state index in [4.69, 9.17) is 11.6 Å². The molecule has 1 aliphatic carbocycles. The molecule has 1 N–H and O–H groups in total. The number of aryl methyl sites for hydroxylation is 1. The van der Waals surface area contributed by atoms with Gasteiger partial charge in [-0.3, -0.25) is 14.3 Å². The molecule has 7 heteroatoms. The number of aromatic nitrogens is 2. The highest BCUT2D eigenvalue weighted by atomic mass is 35.5. The first kappa shape index (κ1) is 16.1. The minimum atomic E-state index is -0.194. The zero-order valence-electron chi connectivity index (χ0n) is 13.7. The van der Waals surface area contributed by atoms with Gasteiger partial charge in [0.15, 0.2) is 5.69 Å². The minimum Gasteiger partial charge on any atom is -0.348 e. The van der Waals surface area contributed by atoms with Gasteiger partial charge in [-0.2, -0.15) is 5.10 Å². The second-order valence-electron chi connectivity index (χ2n) is 6.59. The normalized spacial score (nSPS) is 17.2. The maximum atomic E-state index is 12.9. The maximum absolute atomic E-state index is 12.9. The first-order valence-electron chi connectivity index (χ1n) is 8.52. The Kier molecular flexibility index (Phi) is 4.21. The van der Waals surface area contributed by atoms with Gasteiger partial charge in [-0.05, 0) is 37.0 Å². The van der Waals surface area contributed by atoms with Crippen molar-refractivity contribution in [2.45, 2.75) is 38.4 Å². The van der Waals surface area contributed by atoms with Gasteiger partial charge in [0.25, 0.3) is 11.8 Å². The van der Waals surface area contributed by atoms with E-state index in [0.717, 1.165) is 24.8 Å². The van der Waals surface area contributed by atoms with Crippen molar-refractivity contribution >= 4 is 23.4 Å². The summed E-state index contributed by atoms with van der Waals surface area (Å²) in [5.74, 6) is -0.287. The molecular weight excluding hydrogens is 340 g/mol. The van der Waals surface area contributed by atoms with Crippen molar-refractivity contribution in [2.75, 3.05) is 6.54 Å². The van der Waals surface area contributed by atoms with Crippen molar-refractivity contribution in [3.8, 4) is 0 Å². The van der Waals surface area contributed by atoms with Gasteiger partial charge in [0.1, 0.15) is 5.69 Å². The molecule has 1 aliphatic heterocycles. The average Bonchev–Trinajstić information content (AvgIpc) is 3.33. The molecule has 2 amide bonds. The third-order valence-electron chi connectivity index (χ3n) is 4.52. The first-order valence-corrected chi connectivity index (χ1v) is 8.90. The van der Waals surface area contributed by atoms with Crippen LogP contribution in [0.2, 0.25) is 5.02 Å². The topological polar surface area (TPSA) is 67.2 Å². The predicted octanol–water partition coefficient (Wildman–Crippen LogP) is 2.47. The summed E-state index contributed by atoms with van der Waals surface area (Å²) in [5.41, 5.74) is 1.83. The van der Waals surface area contributed by atoms with E-state index in [9.17, 15) is 9.59 Å². The lowest BCUT2D eigenvalue weighted by atomic mass is 10.2. The summed E-state index contributed by atoms with van der Waals surface area (Å²) >= 11 is 5.92. The van der Waals surface area contributed by atoms with Gasteiger partial charge in [0.2, 0.25) is 0 Å². The van der Waals surface area contributed by atoms with E-state index in [1.54, 1.807) is 15.6 Å². The second kappa shape index (κ2) is 6.52. The van der Waals surface area contributed by atoms with Crippen molar-refractivity contribution in [1.29, 1.82) is 0 Å². The van der Waals surface area contributed by atoms with E-state index in [0.29, 0.717) is 36.0 Å². The number of nitrogens with zero attached hydrogens (tertiary/aromatic N) is 3. The van der Waals surface area contributed by atoms with E-state index in [-0.39, 0.29) is 17.9 Å². The number of amides is 2. The van der Waals surface area contributed by atoms with Crippen LogP contribution in [0.5, 0.6) is 0 Å². The molecule has 0 unspecified atom stereocenters. The number of nitrogens with one attached hydrogen (secondary N) is 1. The zero-order valence-corrected chi connectivity index (χ0v) is 14.5. The molecule has 0 spiro atoms. The number of rotatable bonds is 4. The van der Waals surface area contributed by atoms with Gasteiger partial charge in [0, 0.05) is 36.8 Å². The molecule has 0 atom stereocenters. The monoisotopic (exact) mass is 358 g/mol. The Morgan fingerprint density at radius 1 is 1.24 bits per heavy atom. The molecule has 130 valence electrons. The number of benzene rings is 1. The van der Waals surface area contributed by atoms with Crippen LogP contribution in [-0.4, -0.2) is 39.1 Å². The van der Waals surface area contributed by atoms with Gasteiger partial charge in [0.05, 0.1) is 0 Å². The third-order valence-corrected chi connectivity index (χ3v) is 4.77. The molecule has 4 rings (SSSR count).